The molecule has 3 atom stereocenters. The first kappa shape index (κ1) is 15.2. The summed E-state index contributed by atoms with van der Waals surface area (Å²) in [5.41, 5.74) is 0. The van der Waals surface area contributed by atoms with E-state index in [1.165, 1.54) is 0 Å². The number of nitrogens with zero attached hydrogens (tertiary/aromatic N) is 2. The summed E-state index contributed by atoms with van der Waals surface area (Å²) in [5.74, 6) is 0.446. The molecule has 0 aromatic heterocycles. The van der Waals surface area contributed by atoms with Crippen LogP contribution in [0.2, 0.25) is 0 Å². The molecule has 2 fully saturated rings. The van der Waals surface area contributed by atoms with Crippen LogP contribution in [0.3, 0.4) is 0 Å². The second-order valence-electron chi connectivity index (χ2n) is 6.10. The average Bonchev–Trinajstić information content (AvgIpc) is 2.77. The highest BCUT2D eigenvalue weighted by Crippen LogP contribution is 2.28. The van der Waals surface area contributed by atoms with E-state index in [1.54, 1.807) is 15.5 Å². The van der Waals surface area contributed by atoms with Gasteiger partial charge in [-0.1, -0.05) is 6.92 Å². The van der Waals surface area contributed by atoms with Crippen molar-refractivity contribution in [3.63, 3.8) is 0 Å². The van der Waals surface area contributed by atoms with Gasteiger partial charge in [-0.15, -0.1) is 0 Å². The number of rotatable bonds is 4. The first-order chi connectivity index (χ1) is 8.91. The highest BCUT2D eigenvalue weighted by atomic mass is 32.2. The number of piperidine rings is 1. The fraction of sp³-hybridized carbons (Fsp3) is 1.00. The van der Waals surface area contributed by atoms with E-state index >= 15 is 0 Å². The Balaban J connectivity index is 2.09. The first-order valence-electron chi connectivity index (χ1n) is 7.36. The summed E-state index contributed by atoms with van der Waals surface area (Å²) >= 11 is 0. The summed E-state index contributed by atoms with van der Waals surface area (Å²) in [7, 11) is -3.33. The van der Waals surface area contributed by atoms with Crippen molar-refractivity contribution >= 4 is 10.2 Å². The lowest BCUT2D eigenvalue weighted by atomic mass is 10.0. The van der Waals surface area contributed by atoms with E-state index in [0.29, 0.717) is 32.0 Å². The maximum absolute atomic E-state index is 12.7. The molecule has 5 nitrogen and oxygen atoms in total. The van der Waals surface area contributed by atoms with Crippen LogP contribution in [0, 0.1) is 5.92 Å². The maximum atomic E-state index is 12.7. The van der Waals surface area contributed by atoms with Crippen molar-refractivity contribution in [3.8, 4) is 0 Å². The Hall–Kier alpha value is -0.170. The van der Waals surface area contributed by atoms with Crippen LogP contribution in [0.25, 0.3) is 0 Å². The van der Waals surface area contributed by atoms with E-state index < -0.39 is 16.3 Å². The molecule has 3 unspecified atom stereocenters. The third kappa shape index (κ3) is 3.48. The molecule has 19 heavy (non-hydrogen) atoms. The average molecular weight is 290 g/mol. The summed E-state index contributed by atoms with van der Waals surface area (Å²) in [6.45, 7) is 5.72. The standard InChI is InChI=1S/C13H26N2O3S/c1-11-5-3-7-14(10-11)19(17,18)15-8-4-6-13(15)9-12(2)16/h11-13,16H,3-10H2,1-2H3. The van der Waals surface area contributed by atoms with Crippen molar-refractivity contribution < 1.29 is 13.5 Å². The Morgan fingerprint density at radius 2 is 1.95 bits per heavy atom. The topological polar surface area (TPSA) is 60.9 Å². The third-order valence-corrected chi connectivity index (χ3v) is 6.24. The van der Waals surface area contributed by atoms with Gasteiger partial charge in [0.2, 0.25) is 0 Å². The quantitative estimate of drug-likeness (QED) is 0.846. The minimum Gasteiger partial charge on any atom is -0.393 e. The highest BCUT2D eigenvalue weighted by molar-refractivity contribution is 7.86. The van der Waals surface area contributed by atoms with Gasteiger partial charge in [0.25, 0.3) is 10.2 Å². The molecule has 2 saturated heterocycles. The second-order valence-corrected chi connectivity index (χ2v) is 7.99. The van der Waals surface area contributed by atoms with Gasteiger partial charge in [0.05, 0.1) is 6.10 Å². The van der Waals surface area contributed by atoms with Crippen molar-refractivity contribution in [2.75, 3.05) is 19.6 Å². The molecule has 1 N–H and O–H groups in total. The monoisotopic (exact) mass is 290 g/mol. The van der Waals surface area contributed by atoms with Crippen LogP contribution in [0.1, 0.15) is 46.0 Å². The Kier molecular flexibility index (Phi) is 4.87. The Morgan fingerprint density at radius 1 is 1.26 bits per heavy atom. The predicted molar refractivity (Wildman–Crippen MR) is 74.9 cm³/mol. The zero-order chi connectivity index (χ0) is 14.0. The summed E-state index contributed by atoms with van der Waals surface area (Å²) < 4.78 is 28.7. The molecular weight excluding hydrogens is 264 g/mol. The van der Waals surface area contributed by atoms with Gasteiger partial charge in [-0.3, -0.25) is 0 Å². The number of aliphatic hydroxyl groups excluding tert-OH is 1. The second kappa shape index (κ2) is 6.08. The van der Waals surface area contributed by atoms with E-state index in [-0.39, 0.29) is 6.04 Å². The molecule has 0 aromatic carbocycles. The minimum atomic E-state index is -3.33. The molecule has 112 valence electrons. The zero-order valence-corrected chi connectivity index (χ0v) is 12.8. The maximum Gasteiger partial charge on any atom is 0.282 e. The van der Waals surface area contributed by atoms with Gasteiger partial charge in [-0.05, 0) is 44.9 Å². The highest BCUT2D eigenvalue weighted by Gasteiger charge is 2.39. The molecule has 6 heteroatoms. The lowest BCUT2D eigenvalue weighted by Crippen LogP contribution is -2.49. The van der Waals surface area contributed by atoms with Crippen LogP contribution < -0.4 is 0 Å². The van der Waals surface area contributed by atoms with Crippen LogP contribution in [0.5, 0.6) is 0 Å². The van der Waals surface area contributed by atoms with Crippen LogP contribution in [-0.4, -0.2) is 53.9 Å². The van der Waals surface area contributed by atoms with Crippen molar-refractivity contribution in [1.29, 1.82) is 0 Å². The fourth-order valence-electron chi connectivity index (χ4n) is 3.25. The fourth-order valence-corrected chi connectivity index (χ4v) is 5.27. The summed E-state index contributed by atoms with van der Waals surface area (Å²) in [5, 5.41) is 9.51. The molecule has 2 aliphatic rings. The van der Waals surface area contributed by atoms with E-state index in [0.717, 1.165) is 25.7 Å². The van der Waals surface area contributed by atoms with Crippen molar-refractivity contribution in [2.24, 2.45) is 5.92 Å². The molecule has 0 aromatic rings. The summed E-state index contributed by atoms with van der Waals surface area (Å²) in [4.78, 5) is 0. The van der Waals surface area contributed by atoms with Gasteiger partial charge in [0, 0.05) is 25.7 Å². The van der Waals surface area contributed by atoms with Crippen LogP contribution in [-0.2, 0) is 10.2 Å². The lowest BCUT2D eigenvalue weighted by Gasteiger charge is -2.35. The largest absolute Gasteiger partial charge is 0.393 e. The van der Waals surface area contributed by atoms with E-state index in [1.807, 2.05) is 0 Å². The number of aliphatic hydroxyl groups is 1. The lowest BCUT2D eigenvalue weighted by molar-refractivity contribution is 0.154. The number of hydrogen-bond donors (Lipinski definition) is 1. The van der Waals surface area contributed by atoms with Gasteiger partial charge >= 0.3 is 0 Å². The van der Waals surface area contributed by atoms with Crippen LogP contribution >= 0.6 is 0 Å². The van der Waals surface area contributed by atoms with E-state index in [9.17, 15) is 13.5 Å². The molecule has 2 aliphatic heterocycles. The zero-order valence-electron chi connectivity index (χ0n) is 12.0. The molecule has 0 saturated carbocycles. The van der Waals surface area contributed by atoms with E-state index in [4.69, 9.17) is 0 Å². The molecule has 2 rings (SSSR count). The molecular formula is C13H26N2O3S. The molecule has 0 amide bonds. The SMILES string of the molecule is CC(O)CC1CCCN1S(=O)(=O)N1CCCC(C)C1. The van der Waals surface area contributed by atoms with Gasteiger partial charge in [-0.25, -0.2) is 0 Å². The molecule has 0 bridgehead atoms. The summed E-state index contributed by atoms with van der Waals surface area (Å²) in [6, 6.07) is -0.0257. The normalized spacial score (nSPS) is 32.6. The number of hydrogen-bond acceptors (Lipinski definition) is 3. The third-order valence-electron chi connectivity index (χ3n) is 4.18. The molecule has 0 radical (unpaired) electrons. The van der Waals surface area contributed by atoms with Crippen molar-refractivity contribution in [2.45, 2.75) is 58.1 Å². The van der Waals surface area contributed by atoms with E-state index in [2.05, 4.69) is 6.92 Å². The Morgan fingerprint density at radius 3 is 2.58 bits per heavy atom. The summed E-state index contributed by atoms with van der Waals surface area (Å²) in [6.07, 6.45) is 3.94. The molecule has 0 aliphatic carbocycles. The van der Waals surface area contributed by atoms with Gasteiger partial charge in [0.1, 0.15) is 0 Å². The van der Waals surface area contributed by atoms with Crippen LogP contribution in [0.15, 0.2) is 0 Å². The molecule has 0 spiro atoms. The Labute approximate surface area is 116 Å². The minimum absolute atomic E-state index is 0.0257. The Bertz CT molecular complexity index is 397. The smallest absolute Gasteiger partial charge is 0.282 e. The molecule has 2 heterocycles. The van der Waals surface area contributed by atoms with Gasteiger partial charge < -0.3 is 5.11 Å². The predicted octanol–water partition coefficient (Wildman–Crippen LogP) is 1.20. The van der Waals surface area contributed by atoms with Crippen molar-refractivity contribution in [1.82, 2.24) is 8.61 Å². The van der Waals surface area contributed by atoms with Gasteiger partial charge in [-0.2, -0.15) is 17.0 Å². The van der Waals surface area contributed by atoms with Gasteiger partial charge in [0.15, 0.2) is 0 Å². The van der Waals surface area contributed by atoms with Crippen molar-refractivity contribution in [3.05, 3.63) is 0 Å². The first-order valence-corrected chi connectivity index (χ1v) is 8.76. The van der Waals surface area contributed by atoms with Crippen LogP contribution in [0.4, 0.5) is 0 Å².